The fourth-order valence-corrected chi connectivity index (χ4v) is 3.09. The van der Waals surface area contributed by atoms with Crippen LogP contribution in [0.4, 0.5) is 0 Å². The van der Waals surface area contributed by atoms with E-state index in [1.165, 1.54) is 17.7 Å². The van der Waals surface area contributed by atoms with Crippen molar-refractivity contribution in [2.45, 2.75) is 52.7 Å². The Morgan fingerprint density at radius 3 is 2.65 bits per heavy atom. The second-order valence-corrected chi connectivity index (χ2v) is 7.19. The van der Waals surface area contributed by atoms with Crippen LogP contribution in [0.25, 0.3) is 0 Å². The van der Waals surface area contributed by atoms with Gasteiger partial charge in [0.25, 0.3) is 0 Å². The number of aliphatic imine (C=N–C) groups is 1. The first-order valence-corrected chi connectivity index (χ1v) is 8.67. The number of thiazole rings is 1. The lowest BCUT2D eigenvalue weighted by atomic mass is 10.4. The Balaban J connectivity index is 1.65. The second kappa shape index (κ2) is 6.66. The fraction of sp³-hybridized carbons (Fsp3) is 0.600. The highest BCUT2D eigenvalue weighted by molar-refractivity contribution is 7.11. The molecule has 0 aliphatic heterocycles. The van der Waals surface area contributed by atoms with E-state index in [0.717, 1.165) is 34.9 Å². The van der Waals surface area contributed by atoms with Gasteiger partial charge in [0.1, 0.15) is 12.4 Å². The molecule has 1 aliphatic rings. The van der Waals surface area contributed by atoms with E-state index in [2.05, 4.69) is 30.8 Å². The zero-order valence-electron chi connectivity index (χ0n) is 14.1. The van der Waals surface area contributed by atoms with Gasteiger partial charge in [-0.15, -0.1) is 21.5 Å². The monoisotopic (exact) mass is 333 g/mol. The van der Waals surface area contributed by atoms with Gasteiger partial charge in [-0.05, 0) is 33.6 Å². The molecule has 23 heavy (non-hydrogen) atoms. The molecule has 8 heteroatoms. The summed E-state index contributed by atoms with van der Waals surface area (Å²) in [6.45, 7) is 7.29. The van der Waals surface area contributed by atoms with Crippen LogP contribution in [0.2, 0.25) is 0 Å². The standard InChI is InChI=1S/C15H23N7S/c1-9-13(23-11(3)18-9)7-16-15(19-12-5-6-12)17-8-14-21-20-10(2)22(14)4/h12H,5-8H2,1-4H3,(H2,16,17,19). The number of aryl methyl sites for hydroxylation is 3. The summed E-state index contributed by atoms with van der Waals surface area (Å²) < 4.78 is 1.97. The van der Waals surface area contributed by atoms with Crippen molar-refractivity contribution in [1.82, 2.24) is 30.4 Å². The quantitative estimate of drug-likeness (QED) is 0.642. The Kier molecular flexibility index (Phi) is 4.61. The van der Waals surface area contributed by atoms with Crippen LogP contribution in [0.15, 0.2) is 4.99 Å². The van der Waals surface area contributed by atoms with Crippen LogP contribution in [-0.4, -0.2) is 31.7 Å². The van der Waals surface area contributed by atoms with E-state index in [1.807, 2.05) is 32.4 Å². The van der Waals surface area contributed by atoms with Crippen molar-refractivity contribution >= 4 is 17.3 Å². The van der Waals surface area contributed by atoms with Crippen LogP contribution in [0.5, 0.6) is 0 Å². The third kappa shape index (κ3) is 4.07. The van der Waals surface area contributed by atoms with Gasteiger partial charge in [-0.3, -0.25) is 0 Å². The summed E-state index contributed by atoms with van der Waals surface area (Å²) in [7, 11) is 1.96. The van der Waals surface area contributed by atoms with Crippen LogP contribution in [0, 0.1) is 20.8 Å². The van der Waals surface area contributed by atoms with E-state index in [1.54, 1.807) is 11.3 Å². The lowest BCUT2D eigenvalue weighted by Crippen LogP contribution is -2.38. The lowest BCUT2D eigenvalue weighted by molar-refractivity contribution is 0.750. The topological polar surface area (TPSA) is 80.0 Å². The van der Waals surface area contributed by atoms with Gasteiger partial charge in [0.05, 0.1) is 17.2 Å². The molecule has 2 aromatic heterocycles. The minimum atomic E-state index is 0.514. The minimum absolute atomic E-state index is 0.514. The van der Waals surface area contributed by atoms with E-state index in [9.17, 15) is 0 Å². The van der Waals surface area contributed by atoms with Crippen molar-refractivity contribution in [2.75, 3.05) is 0 Å². The number of hydrogen-bond acceptors (Lipinski definition) is 5. The van der Waals surface area contributed by atoms with Crippen molar-refractivity contribution in [3.05, 3.63) is 27.2 Å². The molecule has 7 nitrogen and oxygen atoms in total. The number of nitrogens with zero attached hydrogens (tertiary/aromatic N) is 5. The number of aromatic nitrogens is 4. The second-order valence-electron chi connectivity index (χ2n) is 5.90. The van der Waals surface area contributed by atoms with E-state index in [0.29, 0.717) is 12.6 Å². The summed E-state index contributed by atoms with van der Waals surface area (Å²) in [5.74, 6) is 2.60. The zero-order chi connectivity index (χ0) is 16.4. The maximum absolute atomic E-state index is 4.66. The van der Waals surface area contributed by atoms with Crippen LogP contribution < -0.4 is 10.6 Å². The normalized spacial score (nSPS) is 15.0. The lowest BCUT2D eigenvalue weighted by Gasteiger charge is -2.11. The summed E-state index contributed by atoms with van der Waals surface area (Å²) in [6.07, 6.45) is 2.42. The van der Waals surface area contributed by atoms with Gasteiger partial charge in [-0.25, -0.2) is 9.98 Å². The van der Waals surface area contributed by atoms with Gasteiger partial charge < -0.3 is 15.2 Å². The Bertz CT molecular complexity index is 711. The molecule has 0 bridgehead atoms. The summed E-state index contributed by atoms with van der Waals surface area (Å²) in [5.41, 5.74) is 1.09. The van der Waals surface area contributed by atoms with Crippen LogP contribution in [-0.2, 0) is 20.1 Å². The van der Waals surface area contributed by atoms with Gasteiger partial charge >= 0.3 is 0 Å². The largest absolute Gasteiger partial charge is 0.354 e. The fourth-order valence-electron chi connectivity index (χ4n) is 2.21. The number of guanidine groups is 1. The van der Waals surface area contributed by atoms with Crippen molar-refractivity contribution < 1.29 is 0 Å². The van der Waals surface area contributed by atoms with E-state index < -0.39 is 0 Å². The van der Waals surface area contributed by atoms with Gasteiger partial charge in [0.15, 0.2) is 11.8 Å². The molecule has 0 unspecified atom stereocenters. The van der Waals surface area contributed by atoms with Crippen LogP contribution in [0.3, 0.4) is 0 Å². The average Bonchev–Trinajstić information content (AvgIpc) is 3.19. The summed E-state index contributed by atoms with van der Waals surface area (Å²) in [5, 5.41) is 16.2. The Hall–Kier alpha value is -1.96. The van der Waals surface area contributed by atoms with E-state index >= 15 is 0 Å². The first-order valence-electron chi connectivity index (χ1n) is 7.85. The van der Waals surface area contributed by atoms with Gasteiger partial charge in [0, 0.05) is 18.0 Å². The Morgan fingerprint density at radius 1 is 1.30 bits per heavy atom. The Morgan fingerprint density at radius 2 is 2.09 bits per heavy atom. The first kappa shape index (κ1) is 15.9. The maximum atomic E-state index is 4.66. The number of nitrogens with one attached hydrogen (secondary N) is 2. The summed E-state index contributed by atoms with van der Waals surface area (Å²) >= 11 is 1.73. The molecule has 0 amide bonds. The smallest absolute Gasteiger partial charge is 0.192 e. The van der Waals surface area contributed by atoms with Gasteiger partial charge in [0.2, 0.25) is 0 Å². The molecule has 2 aromatic rings. The SMILES string of the molecule is Cc1nc(C)c(CNC(=NCc2nnc(C)n2C)NC2CC2)s1. The summed E-state index contributed by atoms with van der Waals surface area (Å²) in [4.78, 5) is 10.4. The molecule has 124 valence electrons. The van der Waals surface area contributed by atoms with E-state index in [-0.39, 0.29) is 0 Å². The predicted molar refractivity (Wildman–Crippen MR) is 91.5 cm³/mol. The van der Waals surface area contributed by atoms with Crippen molar-refractivity contribution in [1.29, 1.82) is 0 Å². The molecule has 2 heterocycles. The third-order valence-electron chi connectivity index (χ3n) is 3.90. The molecule has 1 saturated carbocycles. The third-order valence-corrected chi connectivity index (χ3v) is 4.97. The van der Waals surface area contributed by atoms with Gasteiger partial charge in [-0.2, -0.15) is 0 Å². The predicted octanol–water partition coefficient (Wildman–Crippen LogP) is 1.59. The molecule has 0 radical (unpaired) electrons. The van der Waals surface area contributed by atoms with Crippen LogP contribution in [0.1, 0.15) is 40.1 Å². The highest BCUT2D eigenvalue weighted by atomic mass is 32.1. The number of rotatable bonds is 5. The maximum Gasteiger partial charge on any atom is 0.192 e. The van der Waals surface area contributed by atoms with Crippen molar-refractivity contribution in [3.8, 4) is 0 Å². The van der Waals surface area contributed by atoms with Crippen LogP contribution >= 0.6 is 11.3 Å². The highest BCUT2D eigenvalue weighted by Gasteiger charge is 2.22. The minimum Gasteiger partial charge on any atom is -0.354 e. The molecule has 2 N–H and O–H groups in total. The molecular weight excluding hydrogens is 310 g/mol. The molecule has 0 spiro atoms. The Labute approximate surface area is 140 Å². The van der Waals surface area contributed by atoms with Crippen molar-refractivity contribution in [2.24, 2.45) is 12.0 Å². The average molecular weight is 333 g/mol. The molecule has 1 fully saturated rings. The first-order chi connectivity index (χ1) is 11.0. The molecule has 0 atom stereocenters. The molecular formula is C15H23N7S. The molecule has 0 saturated heterocycles. The van der Waals surface area contributed by atoms with Crippen molar-refractivity contribution in [3.63, 3.8) is 0 Å². The zero-order valence-corrected chi connectivity index (χ0v) is 14.9. The molecule has 3 rings (SSSR count). The molecule has 1 aliphatic carbocycles. The highest BCUT2D eigenvalue weighted by Crippen LogP contribution is 2.19. The van der Waals surface area contributed by atoms with Gasteiger partial charge in [-0.1, -0.05) is 0 Å². The summed E-state index contributed by atoms with van der Waals surface area (Å²) in [6, 6.07) is 0.548. The molecule has 0 aromatic carbocycles. The van der Waals surface area contributed by atoms with E-state index in [4.69, 9.17) is 0 Å². The number of hydrogen-bond donors (Lipinski definition) is 2.